The molecule has 0 saturated carbocycles. The number of hydrogen-bond donors (Lipinski definition) is 1. The van der Waals surface area contributed by atoms with Crippen LogP contribution < -0.4 is 4.74 Å². The SMILES string of the molecule is Oc1cccc(Cl)c1Oc1nc2ccccc2o1. The maximum absolute atomic E-state index is 9.65. The Bertz CT molecular complexity index is 655. The maximum Gasteiger partial charge on any atom is 0.400 e. The summed E-state index contributed by atoms with van der Waals surface area (Å²) in [7, 11) is 0. The highest BCUT2D eigenvalue weighted by atomic mass is 35.5. The second kappa shape index (κ2) is 4.23. The van der Waals surface area contributed by atoms with Crippen LogP contribution in [0.1, 0.15) is 0 Å². The van der Waals surface area contributed by atoms with E-state index in [-0.39, 0.29) is 22.6 Å². The van der Waals surface area contributed by atoms with Crippen molar-refractivity contribution < 1.29 is 14.3 Å². The van der Waals surface area contributed by atoms with Crippen LogP contribution in [-0.4, -0.2) is 10.1 Å². The lowest BCUT2D eigenvalue weighted by atomic mass is 10.3. The monoisotopic (exact) mass is 261 g/mol. The van der Waals surface area contributed by atoms with Crippen molar-refractivity contribution in [2.24, 2.45) is 0 Å². The molecule has 5 heteroatoms. The summed E-state index contributed by atoms with van der Waals surface area (Å²) in [5, 5.41) is 9.94. The second-order valence-electron chi connectivity index (χ2n) is 3.64. The Hall–Kier alpha value is -2.20. The minimum Gasteiger partial charge on any atom is -0.504 e. The number of aromatic hydroxyl groups is 1. The van der Waals surface area contributed by atoms with Crippen molar-refractivity contribution in [3.63, 3.8) is 0 Å². The molecule has 0 fully saturated rings. The Morgan fingerprint density at radius 2 is 1.94 bits per heavy atom. The molecule has 1 N–H and O–H groups in total. The number of fused-ring (bicyclic) bond motifs is 1. The van der Waals surface area contributed by atoms with E-state index < -0.39 is 0 Å². The summed E-state index contributed by atoms with van der Waals surface area (Å²) >= 11 is 5.92. The van der Waals surface area contributed by atoms with Gasteiger partial charge in [-0.2, -0.15) is 4.98 Å². The van der Waals surface area contributed by atoms with Crippen LogP contribution in [0.25, 0.3) is 11.1 Å². The standard InChI is InChI=1S/C13H8ClNO3/c14-8-4-3-6-10(16)12(8)18-13-15-9-5-1-2-7-11(9)17-13/h1-7,16H. The predicted octanol–water partition coefficient (Wildman–Crippen LogP) is 3.98. The first kappa shape index (κ1) is 10.9. The lowest BCUT2D eigenvalue weighted by molar-refractivity contribution is 0.326. The van der Waals surface area contributed by atoms with E-state index in [4.69, 9.17) is 20.8 Å². The molecule has 0 aliphatic heterocycles. The van der Waals surface area contributed by atoms with E-state index in [1.165, 1.54) is 6.07 Å². The van der Waals surface area contributed by atoms with E-state index in [0.29, 0.717) is 11.1 Å². The van der Waals surface area contributed by atoms with Gasteiger partial charge in [0.05, 0.1) is 5.02 Å². The summed E-state index contributed by atoms with van der Waals surface area (Å²) < 4.78 is 10.7. The number of oxazole rings is 1. The van der Waals surface area contributed by atoms with Crippen LogP contribution in [0.4, 0.5) is 0 Å². The Morgan fingerprint density at radius 1 is 1.11 bits per heavy atom. The number of aromatic nitrogens is 1. The molecule has 1 heterocycles. The number of phenolic OH excluding ortho intramolecular Hbond substituents is 1. The molecule has 90 valence electrons. The zero-order valence-corrected chi connectivity index (χ0v) is 9.89. The molecule has 1 aromatic heterocycles. The molecule has 0 saturated heterocycles. The molecule has 18 heavy (non-hydrogen) atoms. The van der Waals surface area contributed by atoms with E-state index in [9.17, 15) is 5.11 Å². The van der Waals surface area contributed by atoms with E-state index in [0.717, 1.165) is 0 Å². The van der Waals surface area contributed by atoms with Crippen LogP contribution in [0.5, 0.6) is 17.6 Å². The Balaban J connectivity index is 2.01. The Morgan fingerprint density at radius 3 is 2.72 bits per heavy atom. The second-order valence-corrected chi connectivity index (χ2v) is 4.04. The third-order valence-corrected chi connectivity index (χ3v) is 2.71. The molecule has 0 bridgehead atoms. The van der Waals surface area contributed by atoms with Crippen molar-refractivity contribution in [2.75, 3.05) is 0 Å². The maximum atomic E-state index is 9.65. The molecular formula is C13H8ClNO3. The van der Waals surface area contributed by atoms with Gasteiger partial charge in [-0.15, -0.1) is 0 Å². The predicted molar refractivity (Wildman–Crippen MR) is 67.2 cm³/mol. The molecule has 0 amide bonds. The van der Waals surface area contributed by atoms with Gasteiger partial charge < -0.3 is 14.3 Å². The van der Waals surface area contributed by atoms with E-state index in [2.05, 4.69) is 4.98 Å². The lowest BCUT2D eigenvalue weighted by Gasteiger charge is -2.04. The van der Waals surface area contributed by atoms with Gasteiger partial charge in [0.2, 0.25) is 0 Å². The topological polar surface area (TPSA) is 55.5 Å². The van der Waals surface area contributed by atoms with Crippen LogP contribution in [0.3, 0.4) is 0 Å². The summed E-state index contributed by atoms with van der Waals surface area (Å²) in [5.41, 5.74) is 1.29. The van der Waals surface area contributed by atoms with Crippen LogP contribution in [0, 0.1) is 0 Å². The molecule has 0 radical (unpaired) electrons. The zero-order valence-electron chi connectivity index (χ0n) is 9.13. The third kappa shape index (κ3) is 1.87. The molecule has 3 aromatic rings. The molecule has 0 aliphatic carbocycles. The number of para-hydroxylation sites is 3. The number of nitrogens with zero attached hydrogens (tertiary/aromatic N) is 1. The fraction of sp³-hybridized carbons (Fsp3) is 0. The molecule has 0 spiro atoms. The molecule has 0 atom stereocenters. The number of phenols is 1. The molecule has 0 aliphatic rings. The van der Waals surface area contributed by atoms with Crippen molar-refractivity contribution in [2.45, 2.75) is 0 Å². The van der Waals surface area contributed by atoms with Crippen LogP contribution in [0.2, 0.25) is 5.02 Å². The van der Waals surface area contributed by atoms with Crippen molar-refractivity contribution in [1.82, 2.24) is 4.98 Å². The van der Waals surface area contributed by atoms with Crippen molar-refractivity contribution in [3.05, 3.63) is 47.5 Å². The summed E-state index contributed by atoms with van der Waals surface area (Å²) in [4.78, 5) is 4.13. The minimum atomic E-state index is -0.0650. The fourth-order valence-electron chi connectivity index (χ4n) is 1.58. The minimum absolute atomic E-state index is 0.0413. The average molecular weight is 262 g/mol. The van der Waals surface area contributed by atoms with Gasteiger partial charge in [0.1, 0.15) is 5.52 Å². The molecule has 2 aromatic carbocycles. The van der Waals surface area contributed by atoms with Crippen LogP contribution in [-0.2, 0) is 0 Å². The zero-order chi connectivity index (χ0) is 12.5. The number of rotatable bonds is 2. The van der Waals surface area contributed by atoms with Crippen molar-refractivity contribution in [3.8, 4) is 17.6 Å². The summed E-state index contributed by atoms with van der Waals surface area (Å²) in [6.45, 7) is 0. The first-order chi connectivity index (χ1) is 8.74. The summed E-state index contributed by atoms with van der Waals surface area (Å²) in [6, 6.07) is 12.0. The fourth-order valence-corrected chi connectivity index (χ4v) is 1.79. The highest BCUT2D eigenvalue weighted by Crippen LogP contribution is 2.37. The smallest absolute Gasteiger partial charge is 0.400 e. The number of benzene rings is 2. The molecule has 3 rings (SSSR count). The van der Waals surface area contributed by atoms with Gasteiger partial charge in [0, 0.05) is 0 Å². The van der Waals surface area contributed by atoms with Crippen molar-refractivity contribution in [1.29, 1.82) is 0 Å². The highest BCUT2D eigenvalue weighted by molar-refractivity contribution is 6.32. The number of ether oxygens (including phenoxy) is 1. The molecular weight excluding hydrogens is 254 g/mol. The lowest BCUT2D eigenvalue weighted by Crippen LogP contribution is -1.85. The van der Waals surface area contributed by atoms with Gasteiger partial charge in [-0.3, -0.25) is 0 Å². The van der Waals surface area contributed by atoms with Crippen LogP contribution >= 0.6 is 11.6 Å². The molecule has 4 nitrogen and oxygen atoms in total. The largest absolute Gasteiger partial charge is 0.504 e. The van der Waals surface area contributed by atoms with Gasteiger partial charge in [0.15, 0.2) is 17.1 Å². The van der Waals surface area contributed by atoms with Gasteiger partial charge >= 0.3 is 6.08 Å². The van der Waals surface area contributed by atoms with Gasteiger partial charge in [-0.25, -0.2) is 0 Å². The normalized spacial score (nSPS) is 10.7. The Kier molecular flexibility index (Phi) is 2.57. The van der Waals surface area contributed by atoms with E-state index >= 15 is 0 Å². The quantitative estimate of drug-likeness (QED) is 0.758. The summed E-state index contributed by atoms with van der Waals surface area (Å²) in [5.74, 6) is 0.0653. The third-order valence-electron chi connectivity index (χ3n) is 2.41. The first-order valence-electron chi connectivity index (χ1n) is 5.25. The Labute approximate surface area is 107 Å². The van der Waals surface area contributed by atoms with Crippen molar-refractivity contribution >= 4 is 22.7 Å². The molecule has 0 unspecified atom stereocenters. The average Bonchev–Trinajstić information content (AvgIpc) is 2.76. The van der Waals surface area contributed by atoms with Gasteiger partial charge in [0.25, 0.3) is 0 Å². The summed E-state index contributed by atoms with van der Waals surface area (Å²) in [6.07, 6.45) is 0.0413. The van der Waals surface area contributed by atoms with Crippen LogP contribution in [0.15, 0.2) is 46.9 Å². The van der Waals surface area contributed by atoms with Gasteiger partial charge in [-0.1, -0.05) is 29.8 Å². The van der Waals surface area contributed by atoms with Gasteiger partial charge in [-0.05, 0) is 24.3 Å². The van der Waals surface area contributed by atoms with E-state index in [1.807, 2.05) is 12.1 Å². The number of halogens is 1. The highest BCUT2D eigenvalue weighted by Gasteiger charge is 2.13. The van der Waals surface area contributed by atoms with E-state index in [1.54, 1.807) is 24.3 Å². The number of hydrogen-bond acceptors (Lipinski definition) is 4. The first-order valence-corrected chi connectivity index (χ1v) is 5.63.